The number of likely N-dealkylation sites (tertiary alicyclic amines) is 1. The predicted octanol–water partition coefficient (Wildman–Crippen LogP) is 4.25. The van der Waals surface area contributed by atoms with Crippen molar-refractivity contribution in [3.8, 4) is 0 Å². The van der Waals surface area contributed by atoms with E-state index in [-0.39, 0.29) is 11.3 Å². The van der Waals surface area contributed by atoms with Crippen molar-refractivity contribution >= 4 is 45.0 Å². The first-order valence-corrected chi connectivity index (χ1v) is 11.7. The maximum Gasteiger partial charge on any atom is 0.295 e. The second-order valence-electron chi connectivity index (χ2n) is 7.86. The highest BCUT2D eigenvalue weighted by Crippen LogP contribution is 2.39. The third kappa shape index (κ3) is 4.91. The Hall–Kier alpha value is -2.19. The molecule has 0 spiro atoms. The fourth-order valence-electron chi connectivity index (χ4n) is 4.15. The molecule has 32 heavy (non-hydrogen) atoms. The van der Waals surface area contributed by atoms with E-state index in [1.807, 2.05) is 0 Å². The highest BCUT2D eigenvalue weighted by molar-refractivity contribution is 9.10. The lowest BCUT2D eigenvalue weighted by Crippen LogP contribution is -2.38. The predicted molar refractivity (Wildman–Crippen MR) is 126 cm³/mol. The van der Waals surface area contributed by atoms with Gasteiger partial charge < -0.3 is 14.7 Å². The summed E-state index contributed by atoms with van der Waals surface area (Å²) in [5.74, 6) is -1.44. The number of halogens is 2. The van der Waals surface area contributed by atoms with Gasteiger partial charge in [-0.15, -0.1) is 0 Å². The fourth-order valence-corrected chi connectivity index (χ4v) is 4.55. The van der Waals surface area contributed by atoms with Gasteiger partial charge in [0, 0.05) is 41.2 Å². The molecule has 8 heteroatoms. The van der Waals surface area contributed by atoms with Gasteiger partial charge in [-0.3, -0.25) is 14.5 Å². The van der Waals surface area contributed by atoms with Crippen molar-refractivity contribution in [1.82, 2.24) is 9.80 Å². The number of hydrogen-bond acceptors (Lipinski definition) is 5. The largest absolute Gasteiger partial charge is 0.507 e. The molecule has 0 aromatic heterocycles. The van der Waals surface area contributed by atoms with Crippen molar-refractivity contribution in [2.24, 2.45) is 0 Å². The molecule has 1 amide bonds. The van der Waals surface area contributed by atoms with Gasteiger partial charge >= 0.3 is 0 Å². The van der Waals surface area contributed by atoms with Gasteiger partial charge in [0.05, 0.1) is 24.8 Å². The second-order valence-corrected chi connectivity index (χ2v) is 9.21. The van der Waals surface area contributed by atoms with Gasteiger partial charge in [-0.1, -0.05) is 51.8 Å². The van der Waals surface area contributed by atoms with Crippen LogP contribution in [0.15, 0.2) is 58.6 Å². The summed E-state index contributed by atoms with van der Waals surface area (Å²) in [5, 5.41) is 11.6. The second kappa shape index (κ2) is 10.2. The van der Waals surface area contributed by atoms with E-state index in [0.29, 0.717) is 30.3 Å². The zero-order valence-electron chi connectivity index (χ0n) is 17.5. The number of hydrogen-bond donors (Lipinski definition) is 1. The first-order valence-electron chi connectivity index (χ1n) is 10.6. The maximum atomic E-state index is 13.0. The van der Waals surface area contributed by atoms with Crippen molar-refractivity contribution in [3.05, 3.63) is 74.7 Å². The molecule has 2 saturated heterocycles. The number of Topliss-reactive ketones (excluding diaryl/α,β-unsaturated/α-hetero) is 1. The summed E-state index contributed by atoms with van der Waals surface area (Å²) in [6, 6.07) is 13.4. The number of benzene rings is 2. The van der Waals surface area contributed by atoms with Crippen molar-refractivity contribution in [1.29, 1.82) is 0 Å². The molecule has 2 aliphatic heterocycles. The van der Waals surface area contributed by atoms with Gasteiger partial charge in [0.2, 0.25) is 0 Å². The molecule has 6 nitrogen and oxygen atoms in total. The van der Waals surface area contributed by atoms with Crippen molar-refractivity contribution < 1.29 is 19.4 Å². The Morgan fingerprint density at radius 1 is 1.03 bits per heavy atom. The number of nitrogens with zero attached hydrogens (tertiary/aromatic N) is 2. The first kappa shape index (κ1) is 23.0. The normalized spacial score (nSPS) is 21.3. The van der Waals surface area contributed by atoms with Crippen LogP contribution in [0.25, 0.3) is 5.76 Å². The Kier molecular flexibility index (Phi) is 7.30. The average molecular weight is 520 g/mol. The van der Waals surface area contributed by atoms with Crippen LogP contribution in [0, 0.1) is 0 Å². The molecule has 2 fully saturated rings. The van der Waals surface area contributed by atoms with E-state index in [9.17, 15) is 14.7 Å². The third-order valence-corrected chi connectivity index (χ3v) is 6.60. The van der Waals surface area contributed by atoms with Crippen LogP contribution < -0.4 is 0 Å². The Bertz CT molecular complexity index is 1020. The molecule has 0 bridgehead atoms. The maximum absolute atomic E-state index is 13.0. The Morgan fingerprint density at radius 2 is 1.69 bits per heavy atom. The van der Waals surface area contributed by atoms with Crippen LogP contribution in [0.3, 0.4) is 0 Å². The number of carbonyl (C=O) groups is 2. The SMILES string of the molecule is O=C1C(=O)N(CCCN2CCOCC2)[C@H](c2ccc(Cl)cc2)/C1=C(\O)c1ccc(Br)cc1. The number of morpholine rings is 1. The summed E-state index contributed by atoms with van der Waals surface area (Å²) in [6.07, 6.45) is 0.718. The van der Waals surface area contributed by atoms with Crippen molar-refractivity contribution in [2.45, 2.75) is 12.5 Å². The van der Waals surface area contributed by atoms with Gasteiger partial charge in [0.25, 0.3) is 11.7 Å². The molecule has 2 aliphatic rings. The molecular weight excluding hydrogens is 496 g/mol. The van der Waals surface area contributed by atoms with E-state index >= 15 is 0 Å². The van der Waals surface area contributed by atoms with Crippen LogP contribution in [0.1, 0.15) is 23.6 Å². The number of aliphatic hydroxyl groups excluding tert-OH is 1. The molecule has 4 rings (SSSR count). The average Bonchev–Trinajstić information content (AvgIpc) is 3.05. The summed E-state index contributed by atoms with van der Waals surface area (Å²) in [4.78, 5) is 29.9. The minimum Gasteiger partial charge on any atom is -0.507 e. The molecule has 1 N–H and O–H groups in total. The number of rotatable bonds is 6. The van der Waals surface area contributed by atoms with Crippen LogP contribution in [-0.2, 0) is 14.3 Å². The van der Waals surface area contributed by atoms with Gasteiger partial charge in [-0.25, -0.2) is 0 Å². The Labute approximate surface area is 200 Å². The van der Waals surface area contributed by atoms with E-state index < -0.39 is 17.7 Å². The number of amides is 1. The Balaban J connectivity index is 1.66. The van der Waals surface area contributed by atoms with Crippen LogP contribution in [-0.4, -0.2) is 66.0 Å². The quantitative estimate of drug-likeness (QED) is 0.351. The standard InChI is InChI=1S/C24H24BrClN2O4/c25-18-6-2-17(3-7-18)22(29)20-21(16-4-8-19(26)9-5-16)28(24(31)23(20)30)11-1-10-27-12-14-32-15-13-27/h2-9,21,29H,1,10-15H2/b22-20+/t21-/m1/s1. The molecule has 1 atom stereocenters. The van der Waals surface area contributed by atoms with E-state index in [4.69, 9.17) is 16.3 Å². The lowest BCUT2D eigenvalue weighted by molar-refractivity contribution is -0.140. The van der Waals surface area contributed by atoms with E-state index in [1.165, 1.54) is 0 Å². The fraction of sp³-hybridized carbons (Fsp3) is 0.333. The molecular formula is C24H24BrClN2O4. The summed E-state index contributed by atoms with van der Waals surface area (Å²) in [6.45, 7) is 4.37. The lowest BCUT2D eigenvalue weighted by Gasteiger charge is -2.29. The monoisotopic (exact) mass is 518 g/mol. The molecule has 0 radical (unpaired) electrons. The molecule has 2 aromatic rings. The summed E-state index contributed by atoms with van der Waals surface area (Å²) in [5.41, 5.74) is 1.32. The summed E-state index contributed by atoms with van der Waals surface area (Å²) >= 11 is 9.44. The van der Waals surface area contributed by atoms with Crippen LogP contribution in [0.4, 0.5) is 0 Å². The van der Waals surface area contributed by atoms with Crippen molar-refractivity contribution in [3.63, 3.8) is 0 Å². The number of aliphatic hydroxyl groups is 1. The number of carbonyl (C=O) groups excluding carboxylic acids is 2. The van der Waals surface area contributed by atoms with Gasteiger partial charge in [-0.2, -0.15) is 0 Å². The van der Waals surface area contributed by atoms with Crippen molar-refractivity contribution in [2.75, 3.05) is 39.4 Å². The molecule has 168 valence electrons. The van der Waals surface area contributed by atoms with E-state index in [2.05, 4.69) is 20.8 Å². The molecule has 0 aliphatic carbocycles. The molecule has 0 unspecified atom stereocenters. The lowest BCUT2D eigenvalue weighted by atomic mass is 9.95. The first-order chi connectivity index (χ1) is 15.5. The van der Waals surface area contributed by atoms with E-state index in [0.717, 1.165) is 36.1 Å². The van der Waals surface area contributed by atoms with Crippen LogP contribution in [0.2, 0.25) is 5.02 Å². The number of ketones is 1. The molecule has 0 saturated carbocycles. The van der Waals surface area contributed by atoms with E-state index in [1.54, 1.807) is 53.4 Å². The molecule has 2 heterocycles. The highest BCUT2D eigenvalue weighted by atomic mass is 79.9. The number of ether oxygens (including phenoxy) is 1. The molecule has 2 aromatic carbocycles. The minimum atomic E-state index is -0.670. The smallest absolute Gasteiger partial charge is 0.295 e. The topological polar surface area (TPSA) is 70.1 Å². The summed E-state index contributed by atoms with van der Waals surface area (Å²) in [7, 11) is 0. The van der Waals surface area contributed by atoms with Crippen LogP contribution in [0.5, 0.6) is 0 Å². The van der Waals surface area contributed by atoms with Crippen LogP contribution >= 0.6 is 27.5 Å². The zero-order valence-corrected chi connectivity index (χ0v) is 19.8. The van der Waals surface area contributed by atoms with Gasteiger partial charge in [-0.05, 0) is 36.2 Å². The zero-order chi connectivity index (χ0) is 22.7. The summed E-state index contributed by atoms with van der Waals surface area (Å²) < 4.78 is 6.24. The van der Waals surface area contributed by atoms with Gasteiger partial charge in [0.15, 0.2) is 0 Å². The Morgan fingerprint density at radius 3 is 2.34 bits per heavy atom. The third-order valence-electron chi connectivity index (χ3n) is 5.82. The van der Waals surface area contributed by atoms with Gasteiger partial charge in [0.1, 0.15) is 5.76 Å². The minimum absolute atomic E-state index is 0.103. The highest BCUT2D eigenvalue weighted by Gasteiger charge is 2.45.